The Kier molecular flexibility index (Phi) is 5.05. The molecule has 0 aliphatic carbocycles. The van der Waals surface area contributed by atoms with Crippen LogP contribution in [0.2, 0.25) is 0 Å². The number of aryl methyl sites for hydroxylation is 1. The maximum absolute atomic E-state index is 13.8. The predicted octanol–water partition coefficient (Wildman–Crippen LogP) is 2.48. The van der Waals surface area contributed by atoms with Crippen LogP contribution in [0, 0.1) is 18.8 Å². The summed E-state index contributed by atoms with van der Waals surface area (Å²) in [6.07, 6.45) is 3.03. The number of nitrogens with one attached hydrogen (secondary N) is 3. The summed E-state index contributed by atoms with van der Waals surface area (Å²) in [5.74, 6) is -2.19. The van der Waals surface area contributed by atoms with Gasteiger partial charge in [-0.1, -0.05) is 35.9 Å². The molecule has 3 aliphatic rings. The van der Waals surface area contributed by atoms with Crippen LogP contribution in [0.5, 0.6) is 0 Å². The van der Waals surface area contributed by atoms with E-state index in [2.05, 4.69) is 15.6 Å². The molecule has 2 aromatic carbocycles. The van der Waals surface area contributed by atoms with Crippen molar-refractivity contribution in [3.63, 3.8) is 0 Å². The lowest BCUT2D eigenvalue weighted by molar-refractivity contribution is -0.143. The predicted molar refractivity (Wildman–Crippen MR) is 131 cm³/mol. The fourth-order valence-electron chi connectivity index (χ4n) is 6.28. The monoisotopic (exact) mass is 472 g/mol. The van der Waals surface area contributed by atoms with E-state index in [1.807, 2.05) is 55.6 Å². The summed E-state index contributed by atoms with van der Waals surface area (Å²) in [5.41, 5.74) is 3.23. The van der Waals surface area contributed by atoms with Gasteiger partial charge in [-0.3, -0.25) is 24.6 Å². The second-order valence-electron chi connectivity index (χ2n) is 9.80. The Hall–Kier alpha value is -3.49. The molecular weight excluding hydrogens is 444 g/mol. The number of nitrogens with zero attached hydrogens (tertiary/aromatic N) is 1. The summed E-state index contributed by atoms with van der Waals surface area (Å²) in [5, 5.41) is 7.58. The molecule has 2 saturated heterocycles. The Labute approximate surface area is 203 Å². The largest absolute Gasteiger partial charge is 0.385 e. The van der Waals surface area contributed by atoms with E-state index >= 15 is 0 Å². The fraction of sp³-hybridized carbons (Fsp3) is 0.370. The lowest BCUT2D eigenvalue weighted by atomic mass is 9.76. The van der Waals surface area contributed by atoms with Crippen molar-refractivity contribution in [1.82, 2.24) is 15.2 Å². The molecule has 35 heavy (non-hydrogen) atoms. The van der Waals surface area contributed by atoms with Crippen molar-refractivity contribution in [3.8, 4) is 0 Å². The normalized spacial score (nSPS) is 27.2. The number of ether oxygens (including phenoxy) is 1. The summed E-state index contributed by atoms with van der Waals surface area (Å²) in [7, 11) is 1.60. The van der Waals surface area contributed by atoms with Gasteiger partial charge in [-0.25, -0.2) is 0 Å². The Morgan fingerprint density at radius 2 is 1.91 bits per heavy atom. The highest BCUT2D eigenvalue weighted by molar-refractivity contribution is 6.15. The molecule has 4 atom stereocenters. The minimum Gasteiger partial charge on any atom is -0.385 e. The summed E-state index contributed by atoms with van der Waals surface area (Å²) < 4.78 is 5.14. The molecule has 8 nitrogen and oxygen atoms in total. The molecule has 3 N–H and O–H groups in total. The molecule has 8 heteroatoms. The van der Waals surface area contributed by atoms with Crippen LogP contribution in [0.4, 0.5) is 5.69 Å². The quantitative estimate of drug-likeness (QED) is 0.378. The first-order chi connectivity index (χ1) is 17.0. The van der Waals surface area contributed by atoms with Crippen LogP contribution in [0.15, 0.2) is 48.7 Å². The average Bonchev–Trinajstić information content (AvgIpc) is 3.55. The lowest BCUT2D eigenvalue weighted by Crippen LogP contribution is -2.53. The number of rotatable bonds is 6. The Morgan fingerprint density at radius 3 is 2.74 bits per heavy atom. The lowest BCUT2D eigenvalue weighted by Gasteiger charge is -2.29. The topological polar surface area (TPSA) is 104 Å². The van der Waals surface area contributed by atoms with E-state index in [0.717, 1.165) is 27.6 Å². The molecule has 2 fully saturated rings. The van der Waals surface area contributed by atoms with E-state index in [4.69, 9.17) is 4.74 Å². The first kappa shape index (κ1) is 22.0. The van der Waals surface area contributed by atoms with Gasteiger partial charge in [0.05, 0.1) is 11.8 Å². The molecule has 3 aliphatic heterocycles. The molecule has 3 aromatic rings. The van der Waals surface area contributed by atoms with E-state index in [1.165, 1.54) is 4.90 Å². The molecule has 0 bridgehead atoms. The van der Waals surface area contributed by atoms with Gasteiger partial charge in [0.25, 0.3) is 0 Å². The summed E-state index contributed by atoms with van der Waals surface area (Å²) in [6, 6.07) is 13.4. The van der Waals surface area contributed by atoms with Crippen molar-refractivity contribution in [2.75, 3.05) is 25.6 Å². The highest BCUT2D eigenvalue weighted by atomic mass is 16.5. The van der Waals surface area contributed by atoms with Crippen LogP contribution >= 0.6 is 0 Å². The zero-order valence-electron chi connectivity index (χ0n) is 19.8. The number of anilines is 1. The van der Waals surface area contributed by atoms with Crippen LogP contribution in [-0.4, -0.2) is 53.9 Å². The molecule has 0 radical (unpaired) electrons. The third kappa shape index (κ3) is 3.10. The van der Waals surface area contributed by atoms with Gasteiger partial charge >= 0.3 is 0 Å². The fourth-order valence-corrected chi connectivity index (χ4v) is 6.28. The summed E-state index contributed by atoms with van der Waals surface area (Å²) in [4.78, 5) is 45.7. The molecule has 1 aromatic heterocycles. The van der Waals surface area contributed by atoms with E-state index in [-0.39, 0.29) is 30.3 Å². The number of amides is 3. The van der Waals surface area contributed by atoms with Crippen molar-refractivity contribution in [2.45, 2.75) is 31.3 Å². The van der Waals surface area contributed by atoms with Crippen molar-refractivity contribution >= 4 is 34.3 Å². The SMILES string of the molecule is COCCCN1C(=O)[C@H]2[C@@H](C1=O)[C@]1(N[C@@H]2Cc2c[nH]c3ccccc23)C(=O)Nc2ccc(C)cc21. The number of carbonyl (C=O) groups excluding carboxylic acids is 3. The van der Waals surface area contributed by atoms with Crippen molar-refractivity contribution in [3.05, 3.63) is 65.4 Å². The summed E-state index contributed by atoms with van der Waals surface area (Å²) in [6.45, 7) is 2.71. The number of H-pyrrole nitrogens is 1. The number of hydrogen-bond acceptors (Lipinski definition) is 5. The minimum absolute atomic E-state index is 0.209. The van der Waals surface area contributed by atoms with Gasteiger partial charge in [0.15, 0.2) is 0 Å². The highest BCUT2D eigenvalue weighted by Gasteiger charge is 2.70. The number of benzene rings is 2. The van der Waals surface area contributed by atoms with Gasteiger partial charge in [0.1, 0.15) is 5.54 Å². The maximum Gasteiger partial charge on any atom is 0.250 e. The molecule has 0 saturated carbocycles. The molecular formula is C27H28N4O4. The molecule has 180 valence electrons. The van der Waals surface area contributed by atoms with Gasteiger partial charge in [-0.05, 0) is 37.5 Å². The first-order valence-corrected chi connectivity index (χ1v) is 12.0. The Bertz CT molecular complexity index is 1360. The zero-order chi connectivity index (χ0) is 24.3. The number of likely N-dealkylation sites (tertiary alicyclic amines) is 1. The Balaban J connectivity index is 1.45. The molecule has 6 rings (SSSR count). The van der Waals surface area contributed by atoms with Crippen LogP contribution in [-0.2, 0) is 31.1 Å². The number of carbonyl (C=O) groups is 3. The smallest absolute Gasteiger partial charge is 0.250 e. The number of aromatic nitrogens is 1. The van der Waals surface area contributed by atoms with Gasteiger partial charge in [0, 0.05) is 54.7 Å². The minimum atomic E-state index is -1.27. The first-order valence-electron chi connectivity index (χ1n) is 12.0. The maximum atomic E-state index is 13.8. The van der Waals surface area contributed by atoms with Crippen molar-refractivity contribution in [1.29, 1.82) is 0 Å². The van der Waals surface area contributed by atoms with Gasteiger partial charge in [0.2, 0.25) is 17.7 Å². The molecule has 3 amide bonds. The van der Waals surface area contributed by atoms with E-state index in [0.29, 0.717) is 25.1 Å². The number of methoxy groups -OCH3 is 1. The second kappa shape index (κ2) is 8.03. The number of para-hydroxylation sites is 1. The molecule has 0 unspecified atom stereocenters. The van der Waals surface area contributed by atoms with Gasteiger partial charge in [-0.2, -0.15) is 0 Å². The Morgan fingerprint density at radius 1 is 1.09 bits per heavy atom. The van der Waals surface area contributed by atoms with Gasteiger partial charge in [-0.15, -0.1) is 0 Å². The number of hydrogen-bond donors (Lipinski definition) is 3. The number of aromatic amines is 1. The average molecular weight is 473 g/mol. The van der Waals surface area contributed by atoms with Crippen LogP contribution < -0.4 is 10.6 Å². The van der Waals surface area contributed by atoms with E-state index < -0.39 is 17.4 Å². The van der Waals surface area contributed by atoms with Crippen LogP contribution in [0.3, 0.4) is 0 Å². The van der Waals surface area contributed by atoms with Crippen LogP contribution in [0.1, 0.15) is 23.1 Å². The van der Waals surface area contributed by atoms with Crippen molar-refractivity contribution < 1.29 is 19.1 Å². The number of fused-ring (bicyclic) bond motifs is 5. The van der Waals surface area contributed by atoms with E-state index in [1.54, 1.807) is 7.11 Å². The zero-order valence-corrected chi connectivity index (χ0v) is 19.8. The van der Waals surface area contributed by atoms with Gasteiger partial charge < -0.3 is 15.0 Å². The standard InChI is InChI=1S/C27H28N4O4/c1-15-8-9-20-18(12-15)27(26(34)29-20)23-22(24(32)31(25(23)33)10-5-11-35-2)21(30-27)13-16-14-28-19-7-4-3-6-17(16)19/h3-4,6-9,12,14,21-23,28,30H,5,10-11,13H2,1-2H3,(H,29,34)/t21-,22-,23+,27+/m1/s1. The van der Waals surface area contributed by atoms with Crippen molar-refractivity contribution in [2.24, 2.45) is 11.8 Å². The third-order valence-electron chi connectivity index (χ3n) is 7.81. The van der Waals surface area contributed by atoms with Crippen LogP contribution in [0.25, 0.3) is 10.9 Å². The second-order valence-corrected chi connectivity index (χ2v) is 9.80. The highest BCUT2D eigenvalue weighted by Crippen LogP contribution is 2.53. The summed E-state index contributed by atoms with van der Waals surface area (Å²) >= 11 is 0. The molecule has 4 heterocycles. The third-order valence-corrected chi connectivity index (χ3v) is 7.81. The van der Waals surface area contributed by atoms with E-state index in [9.17, 15) is 14.4 Å². The molecule has 1 spiro atoms. The number of imide groups is 1.